The minimum atomic E-state index is -0.302. The second kappa shape index (κ2) is 7.42. The Morgan fingerprint density at radius 1 is 1.23 bits per heavy atom. The molecule has 0 spiro atoms. The van der Waals surface area contributed by atoms with E-state index >= 15 is 0 Å². The van der Waals surface area contributed by atoms with Crippen LogP contribution < -0.4 is 4.74 Å². The predicted octanol–water partition coefficient (Wildman–Crippen LogP) is 3.92. The van der Waals surface area contributed by atoms with E-state index in [1.165, 1.54) is 23.5 Å². The summed E-state index contributed by atoms with van der Waals surface area (Å²) < 4.78 is 25.5. The van der Waals surface area contributed by atoms with Gasteiger partial charge >= 0.3 is 0 Å². The van der Waals surface area contributed by atoms with Gasteiger partial charge in [0.1, 0.15) is 18.2 Å². The minimum Gasteiger partial charge on any atom is -0.492 e. The maximum atomic E-state index is 13.8. The fraction of sp³-hybridized carbons (Fsp3) is 0.375. The first-order valence-electron chi connectivity index (χ1n) is 7.20. The molecule has 6 heteroatoms. The van der Waals surface area contributed by atoms with Gasteiger partial charge < -0.3 is 9.47 Å². The van der Waals surface area contributed by atoms with Gasteiger partial charge in [0.05, 0.1) is 17.6 Å². The molecule has 1 aromatic carbocycles. The molecule has 0 bridgehead atoms. The average Bonchev–Trinajstić information content (AvgIpc) is 2.94. The highest BCUT2D eigenvalue weighted by atomic mass is 35.5. The van der Waals surface area contributed by atoms with Crippen molar-refractivity contribution in [3.8, 4) is 16.2 Å². The van der Waals surface area contributed by atoms with Gasteiger partial charge in [0.15, 0.2) is 0 Å². The van der Waals surface area contributed by atoms with E-state index in [2.05, 4.69) is 4.90 Å². The van der Waals surface area contributed by atoms with Gasteiger partial charge in [-0.05, 0) is 29.8 Å². The summed E-state index contributed by atoms with van der Waals surface area (Å²) in [7, 11) is 0. The van der Waals surface area contributed by atoms with Gasteiger partial charge in [-0.1, -0.05) is 11.6 Å². The minimum absolute atomic E-state index is 0.302. The molecule has 118 valence electrons. The van der Waals surface area contributed by atoms with Crippen molar-refractivity contribution in [2.24, 2.45) is 0 Å². The molecule has 1 aliphatic rings. The number of rotatable bonds is 5. The molecule has 3 rings (SSSR count). The van der Waals surface area contributed by atoms with Gasteiger partial charge in [-0.25, -0.2) is 4.39 Å². The Morgan fingerprint density at radius 3 is 2.77 bits per heavy atom. The number of nitrogens with zero attached hydrogens (tertiary/aromatic N) is 1. The molecule has 1 aliphatic heterocycles. The number of hydrogen-bond acceptors (Lipinski definition) is 4. The molecule has 0 saturated carbocycles. The normalized spacial score (nSPS) is 15.9. The first-order valence-corrected chi connectivity index (χ1v) is 8.39. The second-order valence-corrected chi connectivity index (χ2v) is 6.80. The van der Waals surface area contributed by atoms with Crippen molar-refractivity contribution in [3.05, 3.63) is 40.5 Å². The lowest BCUT2D eigenvalue weighted by molar-refractivity contribution is 0.0322. The van der Waals surface area contributed by atoms with E-state index in [0.717, 1.165) is 43.3 Å². The van der Waals surface area contributed by atoms with Gasteiger partial charge in [0.25, 0.3) is 0 Å². The summed E-state index contributed by atoms with van der Waals surface area (Å²) in [6.07, 6.45) is 0. The van der Waals surface area contributed by atoms with Crippen LogP contribution in [-0.4, -0.2) is 44.4 Å². The Morgan fingerprint density at radius 2 is 2.05 bits per heavy atom. The summed E-state index contributed by atoms with van der Waals surface area (Å²) in [6.45, 7) is 4.73. The van der Waals surface area contributed by atoms with Crippen LogP contribution in [-0.2, 0) is 4.74 Å². The van der Waals surface area contributed by atoms with E-state index in [0.29, 0.717) is 16.7 Å². The van der Waals surface area contributed by atoms with Crippen molar-refractivity contribution >= 4 is 22.9 Å². The standard InChI is InChI=1S/C16H17ClFNO2S/c17-16-2-1-15(22-16)12-9-13(18)11-14(10-12)21-8-5-19-3-6-20-7-4-19/h1-2,9-11H,3-8H2. The third kappa shape index (κ3) is 4.20. The molecule has 1 fully saturated rings. The number of hydrogen-bond donors (Lipinski definition) is 0. The molecule has 0 unspecified atom stereocenters. The number of benzene rings is 1. The van der Waals surface area contributed by atoms with Crippen LogP contribution in [0.25, 0.3) is 10.4 Å². The fourth-order valence-electron chi connectivity index (χ4n) is 2.38. The number of thiophene rings is 1. The van der Waals surface area contributed by atoms with E-state index in [9.17, 15) is 4.39 Å². The lowest BCUT2D eigenvalue weighted by Crippen LogP contribution is -2.38. The van der Waals surface area contributed by atoms with Crippen molar-refractivity contribution < 1.29 is 13.9 Å². The molecule has 2 heterocycles. The highest BCUT2D eigenvalue weighted by Crippen LogP contribution is 2.33. The van der Waals surface area contributed by atoms with Crippen LogP contribution in [0.5, 0.6) is 5.75 Å². The molecule has 0 radical (unpaired) electrons. The van der Waals surface area contributed by atoms with E-state index in [4.69, 9.17) is 21.1 Å². The molecule has 22 heavy (non-hydrogen) atoms. The molecule has 1 aromatic heterocycles. The third-order valence-corrected chi connectivity index (χ3v) is 4.79. The summed E-state index contributed by atoms with van der Waals surface area (Å²) in [5.41, 5.74) is 0.790. The Bertz CT molecular complexity index is 628. The van der Waals surface area contributed by atoms with Gasteiger partial charge in [-0.3, -0.25) is 4.90 Å². The predicted molar refractivity (Wildman–Crippen MR) is 87.5 cm³/mol. The van der Waals surface area contributed by atoms with E-state index in [-0.39, 0.29) is 5.82 Å². The SMILES string of the molecule is Fc1cc(OCCN2CCOCC2)cc(-c2ccc(Cl)s2)c1. The molecule has 3 nitrogen and oxygen atoms in total. The number of halogens is 2. The second-order valence-electron chi connectivity index (χ2n) is 5.08. The van der Waals surface area contributed by atoms with Crippen LogP contribution in [0, 0.1) is 5.82 Å². The average molecular weight is 342 g/mol. The number of morpholine rings is 1. The maximum absolute atomic E-state index is 13.8. The Kier molecular flexibility index (Phi) is 5.31. The van der Waals surface area contributed by atoms with E-state index < -0.39 is 0 Å². The number of ether oxygens (including phenoxy) is 2. The lowest BCUT2D eigenvalue weighted by Gasteiger charge is -2.26. The fourth-order valence-corrected chi connectivity index (χ4v) is 3.41. The van der Waals surface area contributed by atoms with Gasteiger partial charge in [-0.2, -0.15) is 0 Å². The molecule has 0 N–H and O–H groups in total. The monoisotopic (exact) mass is 341 g/mol. The Labute approximate surface area is 138 Å². The summed E-state index contributed by atoms with van der Waals surface area (Å²) in [6, 6.07) is 8.46. The van der Waals surface area contributed by atoms with Gasteiger partial charge in [-0.15, -0.1) is 11.3 Å². The molecule has 2 aromatic rings. The van der Waals surface area contributed by atoms with Crippen molar-refractivity contribution in [1.29, 1.82) is 0 Å². The van der Waals surface area contributed by atoms with Crippen molar-refractivity contribution in [3.63, 3.8) is 0 Å². The van der Waals surface area contributed by atoms with Crippen LogP contribution in [0.4, 0.5) is 4.39 Å². The van der Waals surface area contributed by atoms with Crippen molar-refractivity contribution in [1.82, 2.24) is 4.90 Å². The van der Waals surface area contributed by atoms with Crippen molar-refractivity contribution in [2.45, 2.75) is 0 Å². The summed E-state index contributed by atoms with van der Waals surface area (Å²) in [5.74, 6) is 0.246. The van der Waals surface area contributed by atoms with Crippen LogP contribution >= 0.6 is 22.9 Å². The highest BCUT2D eigenvalue weighted by molar-refractivity contribution is 7.19. The zero-order valence-corrected chi connectivity index (χ0v) is 13.6. The Hall–Kier alpha value is -1.14. The van der Waals surface area contributed by atoms with E-state index in [1.54, 1.807) is 0 Å². The van der Waals surface area contributed by atoms with E-state index in [1.807, 2.05) is 18.2 Å². The topological polar surface area (TPSA) is 21.7 Å². The zero-order valence-electron chi connectivity index (χ0n) is 12.1. The summed E-state index contributed by atoms with van der Waals surface area (Å²) >= 11 is 7.36. The zero-order chi connectivity index (χ0) is 15.4. The van der Waals surface area contributed by atoms with Crippen LogP contribution in [0.1, 0.15) is 0 Å². The lowest BCUT2D eigenvalue weighted by atomic mass is 10.2. The first-order chi connectivity index (χ1) is 10.7. The smallest absolute Gasteiger partial charge is 0.127 e. The van der Waals surface area contributed by atoms with Crippen LogP contribution in [0.2, 0.25) is 4.34 Å². The molecular weight excluding hydrogens is 325 g/mol. The third-order valence-electron chi connectivity index (χ3n) is 3.51. The van der Waals surface area contributed by atoms with Crippen LogP contribution in [0.15, 0.2) is 30.3 Å². The molecular formula is C16H17ClFNO2S. The first kappa shape index (κ1) is 15.7. The molecule has 1 saturated heterocycles. The molecule has 0 atom stereocenters. The van der Waals surface area contributed by atoms with Crippen molar-refractivity contribution in [2.75, 3.05) is 39.5 Å². The largest absolute Gasteiger partial charge is 0.492 e. The maximum Gasteiger partial charge on any atom is 0.127 e. The Balaban J connectivity index is 1.62. The molecule has 0 aliphatic carbocycles. The van der Waals surface area contributed by atoms with Gasteiger partial charge in [0, 0.05) is 30.6 Å². The van der Waals surface area contributed by atoms with Crippen LogP contribution in [0.3, 0.4) is 0 Å². The van der Waals surface area contributed by atoms with Gasteiger partial charge in [0.2, 0.25) is 0 Å². The summed E-state index contributed by atoms with van der Waals surface area (Å²) in [5, 5.41) is 0. The quantitative estimate of drug-likeness (QED) is 0.822. The molecule has 0 amide bonds. The highest BCUT2D eigenvalue weighted by Gasteiger charge is 2.11. The summed E-state index contributed by atoms with van der Waals surface area (Å²) in [4.78, 5) is 3.21.